The third kappa shape index (κ3) is 3.93. The molecule has 9 heavy (non-hydrogen) atoms. The molecule has 0 aromatic rings. The van der Waals surface area contributed by atoms with Crippen LogP contribution in [-0.2, 0) is 4.84 Å². The lowest BCUT2D eigenvalue weighted by atomic mass is 10.6. The van der Waals surface area contributed by atoms with E-state index in [4.69, 9.17) is 10.6 Å². The highest BCUT2D eigenvalue weighted by Crippen LogP contribution is 1.78. The molecular formula is C5H13N3O. The molecule has 54 valence electrons. The maximum absolute atomic E-state index is 5.38. The Kier molecular flexibility index (Phi) is 4.00. The molecule has 0 aliphatic rings. The second kappa shape index (κ2) is 4.29. The highest BCUT2D eigenvalue weighted by Gasteiger charge is 1.95. The predicted octanol–water partition coefficient (Wildman–Crippen LogP) is -0.533. The number of nitrogens with two attached hydrogens (primary N) is 1. The van der Waals surface area contributed by atoms with E-state index in [-0.39, 0.29) is 0 Å². The molecule has 0 saturated carbocycles. The summed E-state index contributed by atoms with van der Waals surface area (Å²) in [5, 5.41) is 1.60. The van der Waals surface area contributed by atoms with Gasteiger partial charge in [0, 0.05) is 14.1 Å². The monoisotopic (exact) mass is 131 g/mol. The van der Waals surface area contributed by atoms with Gasteiger partial charge in [0.05, 0.1) is 13.7 Å². The molecule has 0 amide bonds. The quantitative estimate of drug-likeness (QED) is 0.318. The van der Waals surface area contributed by atoms with E-state index in [1.807, 2.05) is 0 Å². The summed E-state index contributed by atoms with van der Waals surface area (Å²) >= 11 is 0. The standard InChI is InChI=1S/C5H13N3O/c1-7-5(6)4-8(2)9-3/h4H2,1-3H3,(H2,6,7). The van der Waals surface area contributed by atoms with Crippen LogP contribution in [-0.4, -0.2) is 38.6 Å². The molecule has 0 aliphatic carbocycles. The first-order valence-electron chi connectivity index (χ1n) is 2.67. The van der Waals surface area contributed by atoms with E-state index >= 15 is 0 Å². The van der Waals surface area contributed by atoms with Crippen LogP contribution in [0.2, 0.25) is 0 Å². The number of rotatable bonds is 3. The third-order valence-electron chi connectivity index (χ3n) is 0.984. The molecule has 0 saturated heterocycles. The van der Waals surface area contributed by atoms with Gasteiger partial charge in [-0.3, -0.25) is 4.99 Å². The minimum atomic E-state index is 0.549. The highest BCUT2D eigenvalue weighted by molar-refractivity contribution is 5.81. The SMILES string of the molecule is CN=C(N)CN(C)OC. The van der Waals surface area contributed by atoms with Crippen molar-refractivity contribution in [2.24, 2.45) is 10.7 Å². The molecule has 0 aliphatic heterocycles. The van der Waals surface area contributed by atoms with Crippen LogP contribution in [0.15, 0.2) is 4.99 Å². The largest absolute Gasteiger partial charge is 0.386 e. The number of hydrogen-bond donors (Lipinski definition) is 1. The number of likely N-dealkylation sites (N-methyl/N-ethyl adjacent to an activating group) is 1. The van der Waals surface area contributed by atoms with E-state index < -0.39 is 0 Å². The summed E-state index contributed by atoms with van der Waals surface area (Å²) in [5.74, 6) is 0.569. The van der Waals surface area contributed by atoms with E-state index in [1.165, 1.54) is 0 Å². The summed E-state index contributed by atoms with van der Waals surface area (Å²) in [4.78, 5) is 8.54. The lowest BCUT2D eigenvalue weighted by molar-refractivity contribution is -0.0959. The molecule has 0 radical (unpaired) electrons. The van der Waals surface area contributed by atoms with Crippen molar-refractivity contribution in [2.75, 3.05) is 27.7 Å². The van der Waals surface area contributed by atoms with Crippen LogP contribution < -0.4 is 5.73 Å². The number of amidine groups is 1. The zero-order valence-corrected chi connectivity index (χ0v) is 6.09. The van der Waals surface area contributed by atoms with E-state index in [0.717, 1.165) is 0 Å². The van der Waals surface area contributed by atoms with Crippen molar-refractivity contribution in [3.63, 3.8) is 0 Å². The Morgan fingerprint density at radius 1 is 1.78 bits per heavy atom. The molecule has 2 N–H and O–H groups in total. The second-order valence-corrected chi connectivity index (χ2v) is 1.68. The molecule has 0 atom stereocenters. The number of hydrogen-bond acceptors (Lipinski definition) is 3. The van der Waals surface area contributed by atoms with Gasteiger partial charge in [0.2, 0.25) is 0 Å². The maximum Gasteiger partial charge on any atom is 0.110 e. The first-order valence-corrected chi connectivity index (χ1v) is 2.67. The zero-order valence-electron chi connectivity index (χ0n) is 6.09. The van der Waals surface area contributed by atoms with Gasteiger partial charge in [0.15, 0.2) is 0 Å². The van der Waals surface area contributed by atoms with Gasteiger partial charge in [0.1, 0.15) is 5.84 Å². The molecule has 4 heteroatoms. The van der Waals surface area contributed by atoms with Crippen molar-refractivity contribution in [2.45, 2.75) is 0 Å². The van der Waals surface area contributed by atoms with Crippen LogP contribution in [0.1, 0.15) is 0 Å². The summed E-state index contributed by atoms with van der Waals surface area (Å²) < 4.78 is 0. The fraction of sp³-hybridized carbons (Fsp3) is 0.800. The Morgan fingerprint density at radius 3 is 2.67 bits per heavy atom. The molecular weight excluding hydrogens is 118 g/mol. The van der Waals surface area contributed by atoms with Gasteiger partial charge in [0.25, 0.3) is 0 Å². The molecule has 0 heterocycles. The fourth-order valence-corrected chi connectivity index (χ4v) is 0.363. The lowest BCUT2D eigenvalue weighted by Crippen LogP contribution is -2.30. The molecule has 0 bridgehead atoms. The van der Waals surface area contributed by atoms with Gasteiger partial charge in [-0.05, 0) is 0 Å². The smallest absolute Gasteiger partial charge is 0.110 e. The Hall–Kier alpha value is -0.610. The Balaban J connectivity index is 3.47. The van der Waals surface area contributed by atoms with Crippen molar-refractivity contribution < 1.29 is 4.84 Å². The van der Waals surface area contributed by atoms with Crippen molar-refractivity contribution in [3.8, 4) is 0 Å². The zero-order chi connectivity index (χ0) is 7.28. The Bertz CT molecular complexity index is 102. The number of aliphatic imine (C=N–C) groups is 1. The van der Waals surface area contributed by atoms with Crippen LogP contribution in [0.3, 0.4) is 0 Å². The van der Waals surface area contributed by atoms with Crippen molar-refractivity contribution in [3.05, 3.63) is 0 Å². The molecule has 4 nitrogen and oxygen atoms in total. The molecule has 0 unspecified atom stereocenters. The summed E-state index contributed by atoms with van der Waals surface area (Å²) in [6.45, 7) is 0.549. The van der Waals surface area contributed by atoms with Gasteiger partial charge in [-0.15, -0.1) is 0 Å². The lowest BCUT2D eigenvalue weighted by Gasteiger charge is -2.11. The van der Waals surface area contributed by atoms with Crippen molar-refractivity contribution in [1.29, 1.82) is 0 Å². The van der Waals surface area contributed by atoms with E-state index in [9.17, 15) is 0 Å². The fourth-order valence-electron chi connectivity index (χ4n) is 0.363. The average Bonchev–Trinajstić information content (AvgIpc) is 1.87. The summed E-state index contributed by atoms with van der Waals surface area (Å²) in [6, 6.07) is 0. The molecule has 0 spiro atoms. The molecule has 0 rings (SSSR count). The third-order valence-corrected chi connectivity index (χ3v) is 0.984. The minimum Gasteiger partial charge on any atom is -0.386 e. The van der Waals surface area contributed by atoms with E-state index in [2.05, 4.69) is 4.99 Å². The molecule has 0 aromatic heterocycles. The van der Waals surface area contributed by atoms with Crippen LogP contribution in [0.5, 0.6) is 0 Å². The molecule has 0 fully saturated rings. The Labute approximate surface area is 55.3 Å². The van der Waals surface area contributed by atoms with Gasteiger partial charge >= 0.3 is 0 Å². The summed E-state index contributed by atoms with van der Waals surface area (Å²) in [5.41, 5.74) is 5.38. The first kappa shape index (κ1) is 8.39. The Morgan fingerprint density at radius 2 is 2.33 bits per heavy atom. The molecule has 0 aromatic carbocycles. The average molecular weight is 131 g/mol. The normalized spacial score (nSPS) is 12.7. The van der Waals surface area contributed by atoms with Crippen LogP contribution in [0, 0.1) is 0 Å². The highest BCUT2D eigenvalue weighted by atomic mass is 16.7. The van der Waals surface area contributed by atoms with Gasteiger partial charge in [-0.2, -0.15) is 5.06 Å². The predicted molar refractivity (Wildman–Crippen MR) is 37.2 cm³/mol. The summed E-state index contributed by atoms with van der Waals surface area (Å²) in [7, 11) is 5.03. The van der Waals surface area contributed by atoms with Crippen molar-refractivity contribution in [1.82, 2.24) is 5.06 Å². The first-order chi connectivity index (χ1) is 4.20. The van der Waals surface area contributed by atoms with Gasteiger partial charge in [-0.25, -0.2) is 0 Å². The van der Waals surface area contributed by atoms with E-state index in [0.29, 0.717) is 12.4 Å². The van der Waals surface area contributed by atoms with Crippen LogP contribution in [0.4, 0.5) is 0 Å². The summed E-state index contributed by atoms with van der Waals surface area (Å²) in [6.07, 6.45) is 0. The number of nitrogens with zero attached hydrogens (tertiary/aromatic N) is 2. The second-order valence-electron chi connectivity index (χ2n) is 1.68. The number of hydroxylamine groups is 2. The van der Waals surface area contributed by atoms with Crippen LogP contribution in [0.25, 0.3) is 0 Å². The minimum absolute atomic E-state index is 0.549. The van der Waals surface area contributed by atoms with Gasteiger partial charge in [-0.1, -0.05) is 0 Å². The maximum atomic E-state index is 5.38. The van der Waals surface area contributed by atoms with Crippen LogP contribution >= 0.6 is 0 Å². The van der Waals surface area contributed by atoms with Crippen molar-refractivity contribution >= 4 is 5.84 Å². The van der Waals surface area contributed by atoms with Gasteiger partial charge < -0.3 is 10.6 Å². The topological polar surface area (TPSA) is 50.8 Å². The van der Waals surface area contributed by atoms with E-state index in [1.54, 1.807) is 26.3 Å².